The lowest BCUT2D eigenvalue weighted by molar-refractivity contribution is -0.129. The maximum Gasteiger partial charge on any atom is 0.224 e. The van der Waals surface area contributed by atoms with Gasteiger partial charge in [-0.1, -0.05) is 18.2 Å². The molecular weight excluding hydrogens is 360 g/mol. The Morgan fingerprint density at radius 3 is 3.00 bits per heavy atom. The van der Waals surface area contributed by atoms with Crippen molar-refractivity contribution in [2.45, 2.75) is 43.7 Å². The first kappa shape index (κ1) is 18.0. The number of ether oxygens (including phenoxy) is 1. The summed E-state index contributed by atoms with van der Waals surface area (Å²) in [6.07, 6.45) is 3.02. The molecule has 4 rings (SSSR count). The van der Waals surface area contributed by atoms with Gasteiger partial charge in [0.1, 0.15) is 11.4 Å². The molecule has 2 aliphatic heterocycles. The molecule has 2 aromatic rings. The van der Waals surface area contributed by atoms with Crippen molar-refractivity contribution in [3.05, 3.63) is 52.2 Å². The van der Waals surface area contributed by atoms with E-state index in [0.29, 0.717) is 32.2 Å². The minimum atomic E-state index is -0.408. The van der Waals surface area contributed by atoms with Crippen molar-refractivity contribution in [3.8, 4) is 5.75 Å². The van der Waals surface area contributed by atoms with Gasteiger partial charge in [0.15, 0.2) is 0 Å². The highest BCUT2D eigenvalue weighted by molar-refractivity contribution is 7.08. The van der Waals surface area contributed by atoms with Crippen molar-refractivity contribution in [3.63, 3.8) is 0 Å². The minimum Gasteiger partial charge on any atom is -0.487 e. The molecule has 0 bridgehead atoms. The zero-order valence-electron chi connectivity index (χ0n) is 15.4. The number of carbonyl (C=O) groups is 2. The van der Waals surface area contributed by atoms with E-state index in [0.717, 1.165) is 23.3 Å². The Labute approximate surface area is 163 Å². The van der Waals surface area contributed by atoms with Crippen LogP contribution in [0.3, 0.4) is 0 Å². The van der Waals surface area contributed by atoms with Crippen LogP contribution < -0.4 is 10.1 Å². The van der Waals surface area contributed by atoms with Crippen LogP contribution in [0.1, 0.15) is 42.9 Å². The van der Waals surface area contributed by atoms with Gasteiger partial charge in [0.25, 0.3) is 0 Å². The number of benzene rings is 1. The van der Waals surface area contributed by atoms with E-state index in [-0.39, 0.29) is 17.9 Å². The summed E-state index contributed by atoms with van der Waals surface area (Å²) in [5, 5.41) is 7.21. The maximum absolute atomic E-state index is 12.6. The second-order valence-electron chi connectivity index (χ2n) is 7.52. The average Bonchev–Trinajstić information content (AvgIpc) is 3.12. The van der Waals surface area contributed by atoms with Crippen molar-refractivity contribution in [2.75, 3.05) is 13.6 Å². The van der Waals surface area contributed by atoms with Crippen LogP contribution >= 0.6 is 11.3 Å². The van der Waals surface area contributed by atoms with Gasteiger partial charge >= 0.3 is 0 Å². The van der Waals surface area contributed by atoms with E-state index in [1.165, 1.54) is 0 Å². The van der Waals surface area contributed by atoms with E-state index in [1.807, 2.05) is 48.1 Å². The van der Waals surface area contributed by atoms with Gasteiger partial charge in [-0.2, -0.15) is 11.3 Å². The number of hydrogen-bond donors (Lipinski definition) is 1. The summed E-state index contributed by atoms with van der Waals surface area (Å²) in [7, 11) is 1.85. The fourth-order valence-corrected chi connectivity index (χ4v) is 4.69. The van der Waals surface area contributed by atoms with Crippen molar-refractivity contribution in [1.29, 1.82) is 0 Å². The first-order valence-corrected chi connectivity index (χ1v) is 10.3. The molecule has 0 aliphatic carbocycles. The number of likely N-dealkylation sites (tertiary alicyclic amines) is 1. The lowest BCUT2D eigenvalue weighted by Crippen LogP contribution is -2.46. The number of rotatable bonds is 3. The van der Waals surface area contributed by atoms with E-state index < -0.39 is 5.60 Å². The highest BCUT2D eigenvalue weighted by atomic mass is 32.1. The summed E-state index contributed by atoms with van der Waals surface area (Å²) >= 11 is 1.60. The summed E-state index contributed by atoms with van der Waals surface area (Å²) in [6, 6.07) is 9.80. The van der Waals surface area contributed by atoms with Crippen LogP contribution in [0.5, 0.6) is 5.75 Å². The third kappa shape index (κ3) is 3.86. The number of fused-ring (bicyclic) bond motifs is 1. The van der Waals surface area contributed by atoms with E-state index in [2.05, 4.69) is 5.32 Å². The maximum atomic E-state index is 12.6. The van der Waals surface area contributed by atoms with E-state index in [9.17, 15) is 9.59 Å². The second-order valence-corrected chi connectivity index (χ2v) is 8.30. The van der Waals surface area contributed by atoms with Gasteiger partial charge in [-0.3, -0.25) is 9.59 Å². The van der Waals surface area contributed by atoms with Crippen molar-refractivity contribution in [1.82, 2.24) is 10.2 Å². The predicted molar refractivity (Wildman–Crippen MR) is 105 cm³/mol. The number of nitrogens with zero attached hydrogens (tertiary/aromatic N) is 1. The number of carbonyl (C=O) groups excluding carboxylic acids is 2. The number of para-hydroxylation sites is 1. The van der Waals surface area contributed by atoms with Gasteiger partial charge in [0.2, 0.25) is 11.8 Å². The summed E-state index contributed by atoms with van der Waals surface area (Å²) in [5.41, 5.74) is 1.65. The van der Waals surface area contributed by atoms with Gasteiger partial charge in [-0.05, 0) is 34.9 Å². The summed E-state index contributed by atoms with van der Waals surface area (Å²) in [6.45, 7) is 0.677. The van der Waals surface area contributed by atoms with Crippen LogP contribution in [-0.4, -0.2) is 35.9 Å². The fraction of sp³-hybridized carbons (Fsp3) is 0.429. The highest BCUT2D eigenvalue weighted by Gasteiger charge is 2.43. The summed E-state index contributed by atoms with van der Waals surface area (Å²) < 4.78 is 6.43. The van der Waals surface area contributed by atoms with Crippen LogP contribution in [-0.2, 0) is 16.0 Å². The first-order valence-electron chi connectivity index (χ1n) is 9.37. The van der Waals surface area contributed by atoms with E-state index in [1.54, 1.807) is 16.2 Å². The molecule has 0 radical (unpaired) electrons. The topological polar surface area (TPSA) is 58.6 Å². The Morgan fingerprint density at radius 1 is 1.33 bits per heavy atom. The van der Waals surface area contributed by atoms with Crippen LogP contribution in [0.15, 0.2) is 41.1 Å². The Bertz CT molecular complexity index is 836. The summed E-state index contributed by atoms with van der Waals surface area (Å²) in [5.74, 6) is 1.00. The monoisotopic (exact) mass is 384 g/mol. The molecule has 5 nitrogen and oxygen atoms in total. The van der Waals surface area contributed by atoms with Crippen molar-refractivity contribution >= 4 is 23.2 Å². The lowest BCUT2D eigenvalue weighted by Gasteiger charge is -2.42. The molecule has 0 saturated carbocycles. The molecule has 2 aliphatic rings. The molecule has 1 fully saturated rings. The highest BCUT2D eigenvalue weighted by Crippen LogP contribution is 2.44. The normalized spacial score (nSPS) is 24.9. The number of thiophene rings is 1. The molecule has 6 heteroatoms. The molecule has 1 aromatic carbocycles. The lowest BCUT2D eigenvalue weighted by atomic mass is 9.82. The molecule has 2 unspecified atom stereocenters. The Balaban J connectivity index is 1.56. The van der Waals surface area contributed by atoms with Gasteiger partial charge in [-0.25, -0.2) is 0 Å². The average molecular weight is 385 g/mol. The van der Waals surface area contributed by atoms with Crippen LogP contribution in [0.2, 0.25) is 0 Å². The first-order chi connectivity index (χ1) is 13.0. The Hall–Kier alpha value is -2.34. The molecule has 1 aromatic heterocycles. The van der Waals surface area contributed by atoms with Crippen molar-refractivity contribution < 1.29 is 14.3 Å². The quantitative estimate of drug-likeness (QED) is 0.883. The molecular formula is C21H24N2O3S. The predicted octanol–water partition coefficient (Wildman–Crippen LogP) is 3.31. The second kappa shape index (κ2) is 7.35. The van der Waals surface area contributed by atoms with Gasteiger partial charge < -0.3 is 15.0 Å². The molecule has 3 heterocycles. The molecule has 27 heavy (non-hydrogen) atoms. The molecule has 1 spiro atoms. The smallest absolute Gasteiger partial charge is 0.224 e. The van der Waals surface area contributed by atoms with Gasteiger partial charge in [-0.15, -0.1) is 0 Å². The number of nitrogens with one attached hydrogen (secondary N) is 1. The van der Waals surface area contributed by atoms with Crippen molar-refractivity contribution in [2.24, 2.45) is 0 Å². The Morgan fingerprint density at radius 2 is 2.19 bits per heavy atom. The minimum absolute atomic E-state index is 0.0204. The van der Waals surface area contributed by atoms with Crippen LogP contribution in [0.4, 0.5) is 0 Å². The summed E-state index contributed by atoms with van der Waals surface area (Å²) in [4.78, 5) is 26.5. The third-order valence-electron chi connectivity index (χ3n) is 5.60. The largest absolute Gasteiger partial charge is 0.487 e. The zero-order valence-corrected chi connectivity index (χ0v) is 16.3. The SMILES string of the molecule is CN1CCC2(CCC1=O)CC(NC(=O)Cc1ccsc1)c1ccccc1O2. The fourth-order valence-electron chi connectivity index (χ4n) is 4.02. The molecule has 1 saturated heterocycles. The number of hydrogen-bond acceptors (Lipinski definition) is 4. The molecule has 2 amide bonds. The molecule has 142 valence electrons. The Kier molecular flexibility index (Phi) is 4.91. The third-order valence-corrected chi connectivity index (χ3v) is 6.33. The zero-order chi connectivity index (χ0) is 18.9. The van der Waals surface area contributed by atoms with Gasteiger partial charge in [0, 0.05) is 38.4 Å². The van der Waals surface area contributed by atoms with Crippen LogP contribution in [0.25, 0.3) is 0 Å². The molecule has 2 atom stereocenters. The van der Waals surface area contributed by atoms with E-state index >= 15 is 0 Å². The molecule has 1 N–H and O–H groups in total. The standard InChI is InChI=1S/C21H24N2O3S/c1-23-10-9-21(8-6-20(23)25)13-17(16-4-2-3-5-18(16)26-21)22-19(24)12-15-7-11-27-14-15/h2-5,7,11,14,17H,6,8-10,12-13H2,1H3,(H,22,24). The van der Waals surface area contributed by atoms with Crippen LogP contribution in [0, 0.1) is 0 Å². The van der Waals surface area contributed by atoms with Gasteiger partial charge in [0.05, 0.1) is 12.5 Å². The van der Waals surface area contributed by atoms with E-state index in [4.69, 9.17) is 4.74 Å². The number of amides is 2.